The Kier molecular flexibility index (Phi) is 8.64. The van der Waals surface area contributed by atoms with Crippen LogP contribution in [0.1, 0.15) is 45.1 Å². The van der Waals surface area contributed by atoms with Gasteiger partial charge in [-0.3, -0.25) is 10.00 Å². The van der Waals surface area contributed by atoms with E-state index in [1.54, 1.807) is 18.2 Å². The Morgan fingerprint density at radius 3 is 2.57 bits per heavy atom. The van der Waals surface area contributed by atoms with Crippen LogP contribution in [-0.2, 0) is 16.4 Å². The van der Waals surface area contributed by atoms with E-state index in [1.165, 1.54) is 4.31 Å². The first-order valence-corrected chi connectivity index (χ1v) is 14.7. The number of imidazole rings is 1. The number of rotatable bonds is 10. The molecular weight excluding hydrogens is 512 g/mol. The summed E-state index contributed by atoms with van der Waals surface area (Å²) < 4.78 is 36.9. The Bertz CT molecular complexity index is 1410. The summed E-state index contributed by atoms with van der Waals surface area (Å²) in [5, 5.41) is 12.5. The Morgan fingerprint density at radius 1 is 1.19 bits per heavy atom. The van der Waals surface area contributed by atoms with Crippen molar-refractivity contribution in [3.05, 3.63) is 34.4 Å². The SMILES string of the molecule is CCCc1nc(C)c2c(=S)nc(-c3cc(S(=O)(=O)N4CCN(C(C)CCO)CC4)ccc3OCC)[nH]n12. The highest BCUT2D eigenvalue weighted by Crippen LogP contribution is 2.32. The van der Waals surface area contributed by atoms with Crippen molar-refractivity contribution in [2.45, 2.75) is 57.9 Å². The van der Waals surface area contributed by atoms with Gasteiger partial charge in [0, 0.05) is 45.2 Å². The molecule has 3 heterocycles. The molecule has 0 radical (unpaired) electrons. The molecule has 37 heavy (non-hydrogen) atoms. The Labute approximate surface area is 223 Å². The molecule has 2 aromatic heterocycles. The molecule has 1 saturated heterocycles. The zero-order valence-corrected chi connectivity index (χ0v) is 23.5. The van der Waals surface area contributed by atoms with Crippen LogP contribution in [0.2, 0.25) is 0 Å². The number of aromatic nitrogens is 4. The number of nitrogens with one attached hydrogen (secondary N) is 1. The number of ether oxygens (including phenoxy) is 1. The standard InChI is InChI=1S/C25H36N6O4S2/c1-5-7-22-26-18(4)23-25(36)27-24(28-31(22)23)20-16-19(8-9-21(20)35-6-2)37(33,34)30-13-11-29(12-14-30)17(3)10-15-32/h8-9,16-17,32H,5-7,10-15H2,1-4H3,(H,27,28,36). The molecule has 3 aromatic rings. The zero-order valence-electron chi connectivity index (χ0n) is 21.9. The first-order valence-electron chi connectivity index (χ1n) is 12.8. The van der Waals surface area contributed by atoms with Crippen molar-refractivity contribution in [1.29, 1.82) is 0 Å². The summed E-state index contributed by atoms with van der Waals surface area (Å²) in [6, 6.07) is 5.09. The van der Waals surface area contributed by atoms with E-state index in [1.807, 2.05) is 18.4 Å². The van der Waals surface area contributed by atoms with Crippen molar-refractivity contribution < 1.29 is 18.3 Å². The second kappa shape index (κ2) is 11.6. The third-order valence-corrected chi connectivity index (χ3v) is 8.99. The van der Waals surface area contributed by atoms with E-state index in [0.717, 1.165) is 29.9 Å². The smallest absolute Gasteiger partial charge is 0.243 e. The van der Waals surface area contributed by atoms with Crippen LogP contribution in [0.4, 0.5) is 0 Å². The first-order chi connectivity index (χ1) is 17.7. The van der Waals surface area contributed by atoms with E-state index >= 15 is 0 Å². The molecule has 0 spiro atoms. The highest BCUT2D eigenvalue weighted by molar-refractivity contribution is 7.89. The monoisotopic (exact) mass is 548 g/mol. The fourth-order valence-electron chi connectivity index (χ4n) is 4.79. The number of aliphatic hydroxyl groups excluding tert-OH is 1. The van der Waals surface area contributed by atoms with Crippen molar-refractivity contribution in [2.24, 2.45) is 0 Å². The number of fused-ring (bicyclic) bond motifs is 1. The van der Waals surface area contributed by atoms with Crippen LogP contribution in [0.5, 0.6) is 5.75 Å². The summed E-state index contributed by atoms with van der Waals surface area (Å²) in [6.07, 6.45) is 2.35. The van der Waals surface area contributed by atoms with Crippen LogP contribution in [0.25, 0.3) is 16.9 Å². The molecule has 1 aromatic carbocycles. The van der Waals surface area contributed by atoms with Gasteiger partial charge in [-0.05, 0) is 51.8 Å². The third-order valence-electron chi connectivity index (χ3n) is 6.82. The van der Waals surface area contributed by atoms with Crippen molar-refractivity contribution in [1.82, 2.24) is 28.8 Å². The van der Waals surface area contributed by atoms with Crippen molar-refractivity contribution >= 4 is 27.8 Å². The number of hydrogen-bond acceptors (Lipinski definition) is 8. The third kappa shape index (κ3) is 5.58. The largest absolute Gasteiger partial charge is 0.493 e. The maximum Gasteiger partial charge on any atom is 0.243 e. The Balaban J connectivity index is 1.72. The van der Waals surface area contributed by atoms with Crippen LogP contribution in [0.15, 0.2) is 23.1 Å². The predicted octanol–water partition coefficient (Wildman–Crippen LogP) is 3.19. The van der Waals surface area contributed by atoms with Crippen LogP contribution < -0.4 is 4.74 Å². The minimum atomic E-state index is -3.74. The molecule has 0 amide bonds. The molecular formula is C25H36N6O4S2. The molecule has 0 bridgehead atoms. The second-order valence-corrected chi connectivity index (χ2v) is 11.6. The minimum absolute atomic E-state index is 0.121. The van der Waals surface area contributed by atoms with Crippen molar-refractivity contribution in [2.75, 3.05) is 39.4 Å². The van der Waals surface area contributed by atoms with Gasteiger partial charge in [0.05, 0.1) is 22.8 Å². The molecule has 202 valence electrons. The number of aryl methyl sites for hydroxylation is 2. The Morgan fingerprint density at radius 2 is 1.92 bits per heavy atom. The lowest BCUT2D eigenvalue weighted by molar-refractivity contribution is 0.124. The highest BCUT2D eigenvalue weighted by Gasteiger charge is 2.31. The average molecular weight is 549 g/mol. The number of sulfonamides is 1. The lowest BCUT2D eigenvalue weighted by atomic mass is 10.2. The van der Waals surface area contributed by atoms with E-state index in [0.29, 0.717) is 61.0 Å². The lowest BCUT2D eigenvalue weighted by Crippen LogP contribution is -2.51. The molecule has 12 heteroatoms. The topological polar surface area (TPSA) is 116 Å². The maximum absolute atomic E-state index is 13.6. The summed E-state index contributed by atoms with van der Waals surface area (Å²) >= 11 is 5.61. The van der Waals surface area contributed by atoms with Gasteiger partial charge in [0.25, 0.3) is 0 Å². The van der Waals surface area contributed by atoms with Crippen molar-refractivity contribution in [3.8, 4) is 17.1 Å². The van der Waals surface area contributed by atoms with Crippen LogP contribution in [0.3, 0.4) is 0 Å². The number of benzene rings is 1. The highest BCUT2D eigenvalue weighted by atomic mass is 32.2. The number of aromatic amines is 1. The van der Waals surface area contributed by atoms with Crippen LogP contribution >= 0.6 is 12.2 Å². The summed E-state index contributed by atoms with van der Waals surface area (Å²) in [7, 11) is -3.74. The van der Waals surface area contributed by atoms with Crippen LogP contribution in [0, 0.1) is 11.6 Å². The number of hydrogen-bond donors (Lipinski definition) is 2. The van der Waals surface area contributed by atoms with Gasteiger partial charge in [-0.2, -0.15) is 4.31 Å². The van der Waals surface area contributed by atoms with E-state index < -0.39 is 10.0 Å². The quantitative estimate of drug-likeness (QED) is 0.371. The summed E-state index contributed by atoms with van der Waals surface area (Å²) in [5.41, 5.74) is 2.08. The average Bonchev–Trinajstić information content (AvgIpc) is 3.20. The van der Waals surface area contributed by atoms with Gasteiger partial charge in [0.15, 0.2) is 10.5 Å². The van der Waals surface area contributed by atoms with Gasteiger partial charge in [-0.25, -0.2) is 22.9 Å². The summed E-state index contributed by atoms with van der Waals surface area (Å²) in [4.78, 5) is 11.7. The lowest BCUT2D eigenvalue weighted by Gasteiger charge is -2.37. The Hall–Kier alpha value is -2.38. The van der Waals surface area contributed by atoms with Crippen LogP contribution in [-0.4, -0.2) is 87.7 Å². The van der Waals surface area contributed by atoms with Crippen molar-refractivity contribution in [3.63, 3.8) is 0 Å². The van der Waals surface area contributed by atoms with Gasteiger partial charge < -0.3 is 9.84 Å². The molecule has 2 N–H and O–H groups in total. The number of piperazine rings is 1. The molecule has 4 rings (SSSR count). The van der Waals surface area contributed by atoms with E-state index in [9.17, 15) is 13.5 Å². The summed E-state index contributed by atoms with van der Waals surface area (Å²) in [6.45, 7) is 10.5. The zero-order chi connectivity index (χ0) is 26.7. The minimum Gasteiger partial charge on any atom is -0.493 e. The van der Waals surface area contributed by atoms with Gasteiger partial charge >= 0.3 is 0 Å². The van der Waals surface area contributed by atoms with Gasteiger partial charge in [-0.15, -0.1) is 0 Å². The van der Waals surface area contributed by atoms with E-state index in [2.05, 4.69) is 33.8 Å². The molecule has 1 aliphatic rings. The normalized spacial score (nSPS) is 16.4. The van der Waals surface area contributed by atoms with Gasteiger partial charge in [0.2, 0.25) is 10.0 Å². The molecule has 0 aliphatic carbocycles. The predicted molar refractivity (Wildman–Crippen MR) is 145 cm³/mol. The second-order valence-electron chi connectivity index (χ2n) is 9.32. The first kappa shape index (κ1) is 27.6. The summed E-state index contributed by atoms with van der Waals surface area (Å²) in [5.74, 6) is 1.80. The molecule has 10 nitrogen and oxygen atoms in total. The number of H-pyrrole nitrogens is 1. The van der Waals surface area contributed by atoms with Gasteiger partial charge in [0.1, 0.15) is 17.1 Å². The van der Waals surface area contributed by atoms with Gasteiger partial charge in [-0.1, -0.05) is 19.1 Å². The molecule has 1 fully saturated rings. The van der Waals surface area contributed by atoms with E-state index in [4.69, 9.17) is 17.0 Å². The maximum atomic E-state index is 13.6. The number of nitrogens with zero attached hydrogens (tertiary/aromatic N) is 5. The molecule has 0 saturated carbocycles. The molecule has 1 atom stereocenters. The molecule has 1 aliphatic heterocycles. The molecule has 1 unspecified atom stereocenters. The number of aliphatic hydroxyl groups is 1. The fraction of sp³-hybridized carbons (Fsp3) is 0.560. The fourth-order valence-corrected chi connectivity index (χ4v) is 6.57. The van der Waals surface area contributed by atoms with E-state index in [-0.39, 0.29) is 17.5 Å².